The van der Waals surface area contributed by atoms with Crippen LogP contribution in [0, 0.1) is 0 Å². The first-order valence-electron chi connectivity index (χ1n) is 12.2. The zero-order chi connectivity index (χ0) is 25.6. The van der Waals surface area contributed by atoms with E-state index in [0.717, 1.165) is 26.9 Å². The molecule has 0 aliphatic carbocycles. The fourth-order valence-electron chi connectivity index (χ4n) is 5.21. The summed E-state index contributed by atoms with van der Waals surface area (Å²) < 4.78 is 29.0. The fourth-order valence-corrected chi connectivity index (χ4v) is 8.30. The fraction of sp³-hybridized carbons (Fsp3) is 0.207. The second-order valence-electron chi connectivity index (χ2n) is 9.36. The number of anilines is 1. The van der Waals surface area contributed by atoms with Gasteiger partial charge >= 0.3 is 0 Å². The van der Waals surface area contributed by atoms with Crippen LogP contribution < -0.4 is 4.90 Å². The molecular formula is C29H25ClN2O3S2. The molecule has 37 heavy (non-hydrogen) atoms. The molecule has 2 atom stereocenters. The molecule has 2 heterocycles. The molecule has 0 unspecified atom stereocenters. The Kier molecular flexibility index (Phi) is 6.49. The lowest BCUT2D eigenvalue weighted by molar-refractivity contribution is -0.121. The van der Waals surface area contributed by atoms with Crippen LogP contribution in [0.1, 0.15) is 23.7 Å². The Labute approximate surface area is 226 Å². The first-order valence-corrected chi connectivity index (χ1v) is 14.9. The predicted octanol–water partition coefficient (Wildman–Crippen LogP) is 6.53. The first kappa shape index (κ1) is 24.5. The van der Waals surface area contributed by atoms with Crippen LogP contribution in [0.15, 0.2) is 101 Å². The Hall–Kier alpha value is -2.84. The van der Waals surface area contributed by atoms with Crippen LogP contribution in [0.4, 0.5) is 5.69 Å². The Morgan fingerprint density at radius 2 is 1.62 bits per heavy atom. The quantitative estimate of drug-likeness (QED) is 0.291. The molecular weight excluding hydrogens is 524 g/mol. The number of carbonyl (C=O) groups is 1. The molecule has 5 nitrogen and oxygen atoms in total. The molecule has 4 aromatic rings. The number of thioether (sulfide) groups is 1. The van der Waals surface area contributed by atoms with Crippen molar-refractivity contribution in [3.63, 3.8) is 0 Å². The van der Waals surface area contributed by atoms with E-state index in [1.54, 1.807) is 28.8 Å². The van der Waals surface area contributed by atoms with Crippen LogP contribution in [0.2, 0.25) is 5.02 Å². The third-order valence-electron chi connectivity index (χ3n) is 7.10. The molecule has 1 amide bonds. The molecule has 2 aliphatic heterocycles. The van der Waals surface area contributed by atoms with Gasteiger partial charge in [-0.2, -0.15) is 4.31 Å². The number of halogens is 1. The third kappa shape index (κ3) is 4.55. The van der Waals surface area contributed by atoms with E-state index in [0.29, 0.717) is 31.0 Å². The standard InChI is InChI=1S/C29H25ClN2O3S2/c30-23-14-11-21(12-15-23)28-19-31(25-8-3-4-10-27(25)36-28)29(33)26-9-5-17-32(26)37(34,35)24-16-13-20-6-1-2-7-22(20)18-24/h1-4,6-8,10-16,18,26,28H,5,9,17,19H2/t26-,28+/m0/s1. The van der Waals surface area contributed by atoms with E-state index in [2.05, 4.69) is 0 Å². The summed E-state index contributed by atoms with van der Waals surface area (Å²) in [6.45, 7) is 0.791. The number of hydrogen-bond donors (Lipinski definition) is 0. The molecule has 1 fully saturated rings. The molecule has 0 aromatic heterocycles. The molecule has 4 aromatic carbocycles. The van der Waals surface area contributed by atoms with E-state index in [1.807, 2.05) is 78.9 Å². The topological polar surface area (TPSA) is 57.7 Å². The summed E-state index contributed by atoms with van der Waals surface area (Å²) in [5.41, 5.74) is 1.91. The van der Waals surface area contributed by atoms with Crippen LogP contribution in [-0.4, -0.2) is 37.8 Å². The summed E-state index contributed by atoms with van der Waals surface area (Å²) in [5.74, 6) is -0.173. The van der Waals surface area contributed by atoms with E-state index in [9.17, 15) is 13.2 Å². The van der Waals surface area contributed by atoms with Crippen molar-refractivity contribution in [1.82, 2.24) is 4.31 Å². The number of rotatable bonds is 4. The molecule has 1 saturated heterocycles. The Morgan fingerprint density at radius 1 is 0.892 bits per heavy atom. The van der Waals surface area contributed by atoms with Gasteiger partial charge in [-0.05, 0) is 65.6 Å². The lowest BCUT2D eigenvalue weighted by atomic mass is 10.1. The van der Waals surface area contributed by atoms with Crippen molar-refractivity contribution >= 4 is 55.8 Å². The van der Waals surface area contributed by atoms with Crippen molar-refractivity contribution < 1.29 is 13.2 Å². The minimum Gasteiger partial charge on any atom is -0.308 e. The van der Waals surface area contributed by atoms with Gasteiger partial charge in [0.15, 0.2) is 0 Å². The van der Waals surface area contributed by atoms with Gasteiger partial charge in [0.25, 0.3) is 0 Å². The number of fused-ring (bicyclic) bond motifs is 2. The monoisotopic (exact) mass is 548 g/mol. The van der Waals surface area contributed by atoms with Crippen LogP contribution >= 0.6 is 23.4 Å². The van der Waals surface area contributed by atoms with Crippen molar-refractivity contribution in [3.8, 4) is 0 Å². The van der Waals surface area contributed by atoms with E-state index in [4.69, 9.17) is 11.6 Å². The summed E-state index contributed by atoms with van der Waals surface area (Å²) in [5, 5.41) is 2.52. The highest BCUT2D eigenvalue weighted by atomic mass is 35.5. The van der Waals surface area contributed by atoms with Crippen LogP contribution in [0.5, 0.6) is 0 Å². The van der Waals surface area contributed by atoms with E-state index >= 15 is 0 Å². The molecule has 0 radical (unpaired) electrons. The van der Waals surface area contributed by atoms with E-state index in [1.165, 1.54) is 4.31 Å². The Balaban J connectivity index is 1.33. The molecule has 6 rings (SSSR count). The molecule has 2 aliphatic rings. The second kappa shape index (κ2) is 9.80. The summed E-state index contributed by atoms with van der Waals surface area (Å²) in [6, 6.07) is 27.6. The Morgan fingerprint density at radius 3 is 2.43 bits per heavy atom. The minimum atomic E-state index is -3.84. The molecule has 0 spiro atoms. The Bertz CT molecular complexity index is 1590. The molecule has 0 saturated carbocycles. The van der Waals surface area contributed by atoms with Crippen molar-refractivity contribution in [3.05, 3.63) is 102 Å². The van der Waals surface area contributed by atoms with Crippen molar-refractivity contribution in [2.24, 2.45) is 0 Å². The van der Waals surface area contributed by atoms with E-state index < -0.39 is 16.1 Å². The third-order valence-corrected chi connectivity index (χ3v) is 10.6. The van der Waals surface area contributed by atoms with Gasteiger partial charge in [-0.25, -0.2) is 8.42 Å². The average molecular weight is 549 g/mol. The minimum absolute atomic E-state index is 0.0167. The van der Waals surface area contributed by atoms with E-state index in [-0.39, 0.29) is 16.1 Å². The van der Waals surface area contributed by atoms with Gasteiger partial charge in [0, 0.05) is 23.0 Å². The number of sulfonamides is 1. The van der Waals surface area contributed by atoms with Gasteiger partial charge < -0.3 is 4.90 Å². The lowest BCUT2D eigenvalue weighted by Crippen LogP contribution is -2.49. The molecule has 0 bridgehead atoms. The predicted molar refractivity (Wildman–Crippen MR) is 150 cm³/mol. The zero-order valence-corrected chi connectivity index (χ0v) is 22.3. The maximum absolute atomic E-state index is 14.1. The van der Waals surface area contributed by atoms with Crippen LogP contribution in [0.25, 0.3) is 10.8 Å². The van der Waals surface area contributed by atoms with Crippen LogP contribution in [-0.2, 0) is 14.8 Å². The van der Waals surface area contributed by atoms with Crippen LogP contribution in [0.3, 0.4) is 0 Å². The van der Waals surface area contributed by atoms with Gasteiger partial charge in [-0.3, -0.25) is 4.79 Å². The second-order valence-corrected chi connectivity index (χ2v) is 12.9. The highest BCUT2D eigenvalue weighted by molar-refractivity contribution is 7.99. The SMILES string of the molecule is O=C([C@@H]1CCCN1S(=O)(=O)c1ccc2ccccc2c1)N1C[C@H](c2ccc(Cl)cc2)Sc2ccccc21. The average Bonchev–Trinajstić information content (AvgIpc) is 3.43. The summed E-state index contributed by atoms with van der Waals surface area (Å²) in [4.78, 5) is 17.1. The first-order chi connectivity index (χ1) is 17.9. The van der Waals surface area contributed by atoms with Gasteiger partial charge in [0.05, 0.1) is 15.8 Å². The maximum Gasteiger partial charge on any atom is 0.245 e. The number of nitrogens with zero attached hydrogens (tertiary/aromatic N) is 2. The summed E-state index contributed by atoms with van der Waals surface area (Å²) in [7, 11) is -3.84. The number of para-hydroxylation sites is 1. The summed E-state index contributed by atoms with van der Waals surface area (Å²) in [6.07, 6.45) is 1.15. The number of hydrogen-bond acceptors (Lipinski definition) is 4. The largest absolute Gasteiger partial charge is 0.308 e. The molecule has 8 heteroatoms. The maximum atomic E-state index is 14.1. The number of benzene rings is 4. The number of carbonyl (C=O) groups excluding carboxylic acids is 1. The van der Waals surface area contributed by atoms with Crippen molar-refractivity contribution in [2.45, 2.75) is 33.9 Å². The normalized spacial score (nSPS) is 20.2. The van der Waals surface area contributed by atoms with Crippen molar-refractivity contribution in [2.75, 3.05) is 18.0 Å². The van der Waals surface area contributed by atoms with Gasteiger partial charge in [0.2, 0.25) is 15.9 Å². The summed E-state index contributed by atoms with van der Waals surface area (Å²) >= 11 is 7.82. The lowest BCUT2D eigenvalue weighted by Gasteiger charge is -2.37. The molecule has 0 N–H and O–H groups in total. The number of amides is 1. The van der Waals surface area contributed by atoms with Gasteiger partial charge in [-0.15, -0.1) is 11.8 Å². The van der Waals surface area contributed by atoms with Crippen molar-refractivity contribution in [1.29, 1.82) is 0 Å². The van der Waals surface area contributed by atoms with Gasteiger partial charge in [-0.1, -0.05) is 66.2 Å². The van der Waals surface area contributed by atoms with Gasteiger partial charge in [0.1, 0.15) is 6.04 Å². The highest BCUT2D eigenvalue weighted by Gasteiger charge is 2.43. The highest BCUT2D eigenvalue weighted by Crippen LogP contribution is 2.46. The zero-order valence-electron chi connectivity index (χ0n) is 20.0. The smallest absolute Gasteiger partial charge is 0.245 e. The molecule has 188 valence electrons.